The number of pyridine rings is 3. The highest BCUT2D eigenvalue weighted by molar-refractivity contribution is 6.13. The molecule has 0 atom stereocenters. The molecule has 4 heterocycles. The molecule has 4 heteroatoms. The van der Waals surface area contributed by atoms with Gasteiger partial charge in [-0.15, -0.1) is 0 Å². The van der Waals surface area contributed by atoms with Crippen LogP contribution in [0.4, 0.5) is 0 Å². The molecule has 9 aromatic rings. The van der Waals surface area contributed by atoms with Crippen molar-refractivity contribution in [1.29, 1.82) is 0 Å². The number of fused-ring (bicyclic) bond motifs is 6. The number of hydrogen-bond acceptors (Lipinski definition) is 4. The average Bonchev–Trinajstić information content (AvgIpc) is 3.50. The Kier molecular flexibility index (Phi) is 5.78. The van der Waals surface area contributed by atoms with Crippen LogP contribution in [0.2, 0.25) is 0 Å². The molecule has 9 rings (SSSR count). The third-order valence-corrected chi connectivity index (χ3v) is 8.57. The zero-order valence-corrected chi connectivity index (χ0v) is 24.2. The van der Waals surface area contributed by atoms with E-state index < -0.39 is 0 Å². The van der Waals surface area contributed by atoms with Crippen LogP contribution in [0, 0.1) is 0 Å². The van der Waals surface area contributed by atoms with E-state index in [2.05, 4.69) is 114 Å². The second kappa shape index (κ2) is 10.2. The quantitative estimate of drug-likeness (QED) is 0.196. The van der Waals surface area contributed by atoms with Crippen LogP contribution in [-0.2, 0) is 0 Å². The predicted octanol–water partition coefficient (Wildman–Crippen LogP) is 10.7. The molecule has 0 aliphatic heterocycles. The molecular formula is C41H25N3O. The molecule has 5 aromatic carbocycles. The zero-order valence-electron chi connectivity index (χ0n) is 24.2. The van der Waals surface area contributed by atoms with Crippen molar-refractivity contribution in [2.75, 3.05) is 0 Å². The monoisotopic (exact) mass is 575 g/mol. The van der Waals surface area contributed by atoms with Gasteiger partial charge in [0.1, 0.15) is 11.2 Å². The van der Waals surface area contributed by atoms with Gasteiger partial charge < -0.3 is 4.42 Å². The molecule has 0 spiro atoms. The first-order valence-corrected chi connectivity index (χ1v) is 15.0. The van der Waals surface area contributed by atoms with Crippen molar-refractivity contribution in [3.63, 3.8) is 0 Å². The van der Waals surface area contributed by atoms with E-state index in [1.165, 1.54) is 0 Å². The molecule has 0 saturated heterocycles. The fourth-order valence-corrected chi connectivity index (χ4v) is 6.30. The molecule has 4 nitrogen and oxygen atoms in total. The van der Waals surface area contributed by atoms with Gasteiger partial charge in [0.25, 0.3) is 0 Å². The predicted molar refractivity (Wildman–Crippen MR) is 184 cm³/mol. The SMILES string of the molecule is c1ccc(-c2ccc3ccc4ccc(-c5ccc6oc7cccc(-c8ccc(-c9cccnc9)cc8)c7c6c5)nc4c3n2)cc1. The zero-order chi connectivity index (χ0) is 29.7. The van der Waals surface area contributed by atoms with Gasteiger partial charge >= 0.3 is 0 Å². The molecule has 0 fully saturated rings. The number of rotatable bonds is 4. The fraction of sp³-hybridized carbons (Fsp3) is 0. The summed E-state index contributed by atoms with van der Waals surface area (Å²) in [5, 5.41) is 4.31. The van der Waals surface area contributed by atoms with Gasteiger partial charge in [-0.2, -0.15) is 0 Å². The third kappa shape index (κ3) is 4.35. The van der Waals surface area contributed by atoms with Gasteiger partial charge in [-0.3, -0.25) is 4.98 Å². The summed E-state index contributed by atoms with van der Waals surface area (Å²) < 4.78 is 6.34. The molecule has 45 heavy (non-hydrogen) atoms. The molecule has 0 aliphatic rings. The summed E-state index contributed by atoms with van der Waals surface area (Å²) in [6, 6.07) is 48.3. The van der Waals surface area contributed by atoms with Gasteiger partial charge in [0.2, 0.25) is 0 Å². The standard InChI is InChI=1S/C41H25N3O/c1-2-6-28(7-3-1)35-20-17-29-15-16-30-18-21-36(44-41(30)40(29)43-35)31-19-22-37-34(24-31)39-33(9-4-10-38(39)45-37)27-13-11-26(12-14-27)32-8-5-23-42-25-32/h1-25H. The Hall–Kier alpha value is -6.13. The minimum absolute atomic E-state index is 0.855. The Balaban J connectivity index is 1.18. The van der Waals surface area contributed by atoms with Crippen molar-refractivity contribution >= 4 is 43.7 Å². The molecule has 0 bridgehead atoms. The number of benzene rings is 5. The van der Waals surface area contributed by atoms with E-state index in [0.717, 1.165) is 88.5 Å². The van der Waals surface area contributed by atoms with Crippen molar-refractivity contribution in [3.05, 3.63) is 152 Å². The normalized spacial score (nSPS) is 11.6. The summed E-state index contributed by atoms with van der Waals surface area (Å²) in [5.74, 6) is 0. The maximum absolute atomic E-state index is 6.34. The lowest BCUT2D eigenvalue weighted by Gasteiger charge is -2.09. The van der Waals surface area contributed by atoms with Gasteiger partial charge in [0.15, 0.2) is 0 Å². The maximum Gasteiger partial charge on any atom is 0.136 e. The van der Waals surface area contributed by atoms with Crippen LogP contribution in [0.25, 0.3) is 88.5 Å². The summed E-state index contributed by atoms with van der Waals surface area (Å²) >= 11 is 0. The maximum atomic E-state index is 6.34. The summed E-state index contributed by atoms with van der Waals surface area (Å²) in [4.78, 5) is 14.6. The molecule has 0 radical (unpaired) electrons. The lowest BCUT2D eigenvalue weighted by Crippen LogP contribution is -1.91. The van der Waals surface area contributed by atoms with E-state index in [-0.39, 0.29) is 0 Å². The number of furan rings is 1. The van der Waals surface area contributed by atoms with Crippen LogP contribution >= 0.6 is 0 Å². The van der Waals surface area contributed by atoms with E-state index in [1.807, 2.05) is 36.5 Å². The Labute approximate surface area is 259 Å². The van der Waals surface area contributed by atoms with E-state index in [9.17, 15) is 0 Å². The topological polar surface area (TPSA) is 51.8 Å². The molecule has 0 N–H and O–H groups in total. The van der Waals surface area contributed by atoms with Crippen LogP contribution in [-0.4, -0.2) is 15.0 Å². The van der Waals surface area contributed by atoms with Crippen LogP contribution in [0.5, 0.6) is 0 Å². The summed E-state index contributed by atoms with van der Waals surface area (Å²) in [7, 11) is 0. The van der Waals surface area contributed by atoms with Gasteiger partial charge in [0, 0.05) is 45.1 Å². The van der Waals surface area contributed by atoms with Crippen molar-refractivity contribution < 1.29 is 4.42 Å². The molecule has 0 aliphatic carbocycles. The fourth-order valence-electron chi connectivity index (χ4n) is 6.30. The summed E-state index contributed by atoms with van der Waals surface area (Å²) in [5.41, 5.74) is 12.0. The Morgan fingerprint density at radius 1 is 0.444 bits per heavy atom. The van der Waals surface area contributed by atoms with Gasteiger partial charge in [-0.1, -0.05) is 97.1 Å². The highest BCUT2D eigenvalue weighted by Crippen LogP contribution is 2.39. The smallest absolute Gasteiger partial charge is 0.136 e. The second-order valence-electron chi connectivity index (χ2n) is 11.3. The Bertz CT molecular complexity index is 2520. The molecule has 0 unspecified atom stereocenters. The van der Waals surface area contributed by atoms with Gasteiger partial charge in [-0.05, 0) is 64.7 Å². The second-order valence-corrected chi connectivity index (χ2v) is 11.3. The number of nitrogens with zero attached hydrogens (tertiary/aromatic N) is 3. The Morgan fingerprint density at radius 2 is 1.11 bits per heavy atom. The third-order valence-electron chi connectivity index (χ3n) is 8.57. The van der Waals surface area contributed by atoms with Crippen molar-refractivity contribution in [2.45, 2.75) is 0 Å². The first-order chi connectivity index (χ1) is 22.3. The van der Waals surface area contributed by atoms with Crippen molar-refractivity contribution in [2.24, 2.45) is 0 Å². The van der Waals surface area contributed by atoms with Gasteiger partial charge in [-0.25, -0.2) is 9.97 Å². The minimum Gasteiger partial charge on any atom is -0.456 e. The van der Waals surface area contributed by atoms with E-state index >= 15 is 0 Å². The first kappa shape index (κ1) is 25.4. The number of hydrogen-bond donors (Lipinski definition) is 0. The minimum atomic E-state index is 0.855. The van der Waals surface area contributed by atoms with Crippen LogP contribution < -0.4 is 0 Å². The van der Waals surface area contributed by atoms with E-state index in [4.69, 9.17) is 14.4 Å². The molecule has 4 aromatic heterocycles. The van der Waals surface area contributed by atoms with Gasteiger partial charge in [0.05, 0.1) is 22.4 Å². The van der Waals surface area contributed by atoms with Crippen LogP contribution in [0.15, 0.2) is 156 Å². The highest BCUT2D eigenvalue weighted by Gasteiger charge is 2.15. The van der Waals surface area contributed by atoms with Crippen molar-refractivity contribution in [1.82, 2.24) is 15.0 Å². The first-order valence-electron chi connectivity index (χ1n) is 15.0. The lowest BCUT2D eigenvalue weighted by molar-refractivity contribution is 0.669. The Morgan fingerprint density at radius 3 is 1.84 bits per heavy atom. The highest BCUT2D eigenvalue weighted by atomic mass is 16.3. The van der Waals surface area contributed by atoms with Crippen LogP contribution in [0.1, 0.15) is 0 Å². The van der Waals surface area contributed by atoms with E-state index in [0.29, 0.717) is 0 Å². The van der Waals surface area contributed by atoms with Crippen LogP contribution in [0.3, 0.4) is 0 Å². The lowest BCUT2D eigenvalue weighted by atomic mass is 9.96. The summed E-state index contributed by atoms with van der Waals surface area (Å²) in [6.07, 6.45) is 3.69. The largest absolute Gasteiger partial charge is 0.456 e. The average molecular weight is 576 g/mol. The summed E-state index contributed by atoms with van der Waals surface area (Å²) in [6.45, 7) is 0. The van der Waals surface area contributed by atoms with E-state index in [1.54, 1.807) is 6.20 Å². The number of aromatic nitrogens is 3. The van der Waals surface area contributed by atoms with Crippen molar-refractivity contribution in [3.8, 4) is 44.8 Å². The molecule has 210 valence electrons. The molecule has 0 saturated carbocycles. The molecular weight excluding hydrogens is 550 g/mol. The molecule has 0 amide bonds.